The third kappa shape index (κ3) is 2.95. The lowest BCUT2D eigenvalue weighted by molar-refractivity contribution is 0.187. The second-order valence-corrected chi connectivity index (χ2v) is 6.37. The molecule has 20 heavy (non-hydrogen) atoms. The van der Waals surface area contributed by atoms with Crippen LogP contribution in [0.4, 0.5) is 5.69 Å². The molecule has 0 atom stereocenters. The molecule has 4 heteroatoms. The summed E-state index contributed by atoms with van der Waals surface area (Å²) in [6, 6.07) is 6.89. The molecule has 0 bridgehead atoms. The number of benzene rings is 1. The Balaban J connectivity index is 1.67. The van der Waals surface area contributed by atoms with Crippen molar-refractivity contribution in [3.05, 3.63) is 28.8 Å². The molecule has 2 N–H and O–H groups in total. The number of anilines is 1. The van der Waals surface area contributed by atoms with Crippen LogP contribution in [0.1, 0.15) is 31.2 Å². The fraction of sp³-hybridized carbons (Fsp3) is 0.625. The van der Waals surface area contributed by atoms with Gasteiger partial charge in [0.2, 0.25) is 0 Å². The zero-order valence-corrected chi connectivity index (χ0v) is 12.8. The molecule has 1 saturated heterocycles. The maximum Gasteiger partial charge on any atom is 0.0427 e. The minimum atomic E-state index is 0.579. The predicted octanol–water partition coefficient (Wildman–Crippen LogP) is 2.86. The van der Waals surface area contributed by atoms with Crippen LogP contribution in [0.2, 0.25) is 5.02 Å². The summed E-state index contributed by atoms with van der Waals surface area (Å²) < 4.78 is 0. The van der Waals surface area contributed by atoms with Crippen LogP contribution in [-0.4, -0.2) is 37.1 Å². The summed E-state index contributed by atoms with van der Waals surface area (Å²) in [7, 11) is 0. The largest absolute Gasteiger partial charge is 0.369 e. The smallest absolute Gasteiger partial charge is 0.0427 e. The average molecular weight is 294 g/mol. The highest BCUT2D eigenvalue weighted by molar-refractivity contribution is 6.30. The van der Waals surface area contributed by atoms with Gasteiger partial charge in [0, 0.05) is 49.5 Å². The molecule has 2 aliphatic rings. The summed E-state index contributed by atoms with van der Waals surface area (Å²) >= 11 is 6.15. The van der Waals surface area contributed by atoms with Crippen LogP contribution < -0.4 is 10.6 Å². The van der Waals surface area contributed by atoms with Gasteiger partial charge in [-0.3, -0.25) is 4.90 Å². The monoisotopic (exact) mass is 293 g/mol. The molecule has 0 unspecified atom stereocenters. The van der Waals surface area contributed by atoms with Gasteiger partial charge in [-0.25, -0.2) is 0 Å². The first-order valence-corrected chi connectivity index (χ1v) is 8.13. The molecular weight excluding hydrogens is 270 g/mol. The van der Waals surface area contributed by atoms with Crippen LogP contribution in [0.3, 0.4) is 0 Å². The number of piperazine rings is 1. The fourth-order valence-corrected chi connectivity index (χ4v) is 3.77. The van der Waals surface area contributed by atoms with E-state index >= 15 is 0 Å². The van der Waals surface area contributed by atoms with Crippen LogP contribution in [0.5, 0.6) is 0 Å². The molecule has 1 aromatic rings. The number of nitrogens with zero attached hydrogens (tertiary/aromatic N) is 2. The molecule has 1 heterocycles. The Bertz CT molecular complexity index is 449. The molecule has 0 amide bonds. The summed E-state index contributed by atoms with van der Waals surface area (Å²) in [5.74, 6) is 0. The van der Waals surface area contributed by atoms with Crippen molar-refractivity contribution in [3.8, 4) is 0 Å². The Morgan fingerprint density at radius 3 is 2.45 bits per heavy atom. The number of nitrogens with two attached hydrogens (primary N) is 1. The summed E-state index contributed by atoms with van der Waals surface area (Å²) in [5.41, 5.74) is 8.28. The first-order chi connectivity index (χ1) is 9.78. The van der Waals surface area contributed by atoms with Gasteiger partial charge in [0.25, 0.3) is 0 Å². The van der Waals surface area contributed by atoms with Crippen molar-refractivity contribution in [3.63, 3.8) is 0 Å². The second kappa shape index (κ2) is 6.33. The number of hydrogen-bond donors (Lipinski definition) is 1. The van der Waals surface area contributed by atoms with Crippen molar-refractivity contribution < 1.29 is 0 Å². The number of rotatable bonds is 3. The molecule has 0 spiro atoms. The molecule has 2 fully saturated rings. The van der Waals surface area contributed by atoms with Crippen LogP contribution in [0, 0.1) is 0 Å². The van der Waals surface area contributed by atoms with E-state index in [-0.39, 0.29) is 0 Å². The van der Waals surface area contributed by atoms with Gasteiger partial charge in [-0.1, -0.05) is 30.5 Å². The highest BCUT2D eigenvalue weighted by atomic mass is 35.5. The molecule has 0 aromatic heterocycles. The van der Waals surface area contributed by atoms with E-state index in [9.17, 15) is 0 Å². The van der Waals surface area contributed by atoms with Crippen molar-refractivity contribution in [1.82, 2.24) is 4.90 Å². The van der Waals surface area contributed by atoms with E-state index in [0.717, 1.165) is 24.2 Å². The van der Waals surface area contributed by atoms with E-state index in [0.29, 0.717) is 6.54 Å². The minimum Gasteiger partial charge on any atom is -0.369 e. The Kier molecular flexibility index (Phi) is 4.49. The normalized spacial score (nSPS) is 21.6. The molecule has 1 aliphatic heterocycles. The minimum absolute atomic E-state index is 0.579. The fourth-order valence-electron chi connectivity index (χ4n) is 3.60. The molecule has 3 rings (SSSR count). The first-order valence-electron chi connectivity index (χ1n) is 7.75. The lowest BCUT2D eigenvalue weighted by Crippen LogP contribution is -2.50. The van der Waals surface area contributed by atoms with Crippen LogP contribution in [0.25, 0.3) is 0 Å². The maximum absolute atomic E-state index is 6.15. The van der Waals surface area contributed by atoms with Crippen molar-refractivity contribution in [2.45, 2.75) is 38.3 Å². The predicted molar refractivity (Wildman–Crippen MR) is 85.4 cm³/mol. The van der Waals surface area contributed by atoms with E-state index in [1.807, 2.05) is 6.07 Å². The van der Waals surface area contributed by atoms with Crippen molar-refractivity contribution >= 4 is 17.3 Å². The average Bonchev–Trinajstić information content (AvgIpc) is 3.02. The van der Waals surface area contributed by atoms with E-state index in [2.05, 4.69) is 21.9 Å². The first kappa shape index (κ1) is 14.2. The van der Waals surface area contributed by atoms with Crippen LogP contribution in [-0.2, 0) is 6.54 Å². The van der Waals surface area contributed by atoms with E-state index in [1.165, 1.54) is 50.0 Å². The van der Waals surface area contributed by atoms with Crippen LogP contribution >= 0.6 is 11.6 Å². The third-order valence-electron chi connectivity index (χ3n) is 4.76. The van der Waals surface area contributed by atoms with E-state index in [1.54, 1.807) is 0 Å². The molecule has 3 nitrogen and oxygen atoms in total. The van der Waals surface area contributed by atoms with Gasteiger partial charge in [-0.2, -0.15) is 0 Å². The van der Waals surface area contributed by atoms with Crippen LogP contribution in [0.15, 0.2) is 18.2 Å². The van der Waals surface area contributed by atoms with E-state index in [4.69, 9.17) is 17.3 Å². The Morgan fingerprint density at radius 1 is 1.10 bits per heavy atom. The molecule has 1 aromatic carbocycles. The van der Waals surface area contributed by atoms with Crippen molar-refractivity contribution in [1.29, 1.82) is 0 Å². The quantitative estimate of drug-likeness (QED) is 0.930. The summed E-state index contributed by atoms with van der Waals surface area (Å²) in [6.45, 7) is 5.09. The second-order valence-electron chi connectivity index (χ2n) is 5.94. The molecule has 1 saturated carbocycles. The summed E-state index contributed by atoms with van der Waals surface area (Å²) in [6.07, 6.45) is 5.61. The lowest BCUT2D eigenvalue weighted by atomic mass is 10.1. The molecule has 110 valence electrons. The van der Waals surface area contributed by atoms with Gasteiger partial charge in [0.05, 0.1) is 0 Å². The van der Waals surface area contributed by atoms with Crippen molar-refractivity contribution in [2.75, 3.05) is 31.1 Å². The number of hydrogen-bond acceptors (Lipinski definition) is 3. The lowest BCUT2D eigenvalue weighted by Gasteiger charge is -2.39. The maximum atomic E-state index is 6.15. The third-order valence-corrected chi connectivity index (χ3v) is 5.00. The zero-order valence-electron chi connectivity index (χ0n) is 12.0. The van der Waals surface area contributed by atoms with Gasteiger partial charge in [0.15, 0.2) is 0 Å². The van der Waals surface area contributed by atoms with E-state index < -0.39 is 0 Å². The Morgan fingerprint density at radius 2 is 1.80 bits per heavy atom. The molecule has 0 radical (unpaired) electrons. The summed E-state index contributed by atoms with van der Waals surface area (Å²) in [4.78, 5) is 5.12. The summed E-state index contributed by atoms with van der Waals surface area (Å²) in [5, 5.41) is 0.801. The topological polar surface area (TPSA) is 32.5 Å². The van der Waals surface area contributed by atoms with Gasteiger partial charge >= 0.3 is 0 Å². The highest BCUT2D eigenvalue weighted by Gasteiger charge is 2.26. The highest BCUT2D eigenvalue weighted by Crippen LogP contribution is 2.28. The Labute approximate surface area is 126 Å². The molecular formula is C16H24ClN3. The number of halogens is 1. The standard InChI is InChI=1S/C16H24ClN3/c17-14-6-5-13(12-18)16(11-14)20-9-7-19(8-10-20)15-3-1-2-4-15/h5-6,11,15H,1-4,7-10,12,18H2. The van der Waals surface area contributed by atoms with Gasteiger partial charge in [-0.05, 0) is 30.5 Å². The van der Waals surface area contributed by atoms with Gasteiger partial charge in [-0.15, -0.1) is 0 Å². The van der Waals surface area contributed by atoms with Gasteiger partial charge in [0.1, 0.15) is 0 Å². The SMILES string of the molecule is NCc1ccc(Cl)cc1N1CCN(C2CCCC2)CC1. The Hall–Kier alpha value is -0.770. The van der Waals surface area contributed by atoms with Crippen molar-refractivity contribution in [2.24, 2.45) is 5.73 Å². The van der Waals surface area contributed by atoms with Gasteiger partial charge < -0.3 is 10.6 Å². The molecule has 1 aliphatic carbocycles. The zero-order chi connectivity index (χ0) is 13.9.